The summed E-state index contributed by atoms with van der Waals surface area (Å²) >= 11 is 0. The van der Waals surface area contributed by atoms with Crippen LogP contribution in [0.3, 0.4) is 0 Å². The summed E-state index contributed by atoms with van der Waals surface area (Å²) in [7, 11) is 0.648. The van der Waals surface area contributed by atoms with Crippen LogP contribution in [0.1, 0.15) is 79.1 Å². The van der Waals surface area contributed by atoms with Crippen LogP contribution in [0.5, 0.6) is 0 Å². The van der Waals surface area contributed by atoms with Gasteiger partial charge in [-0.1, -0.05) is 53.4 Å². The van der Waals surface area contributed by atoms with E-state index in [2.05, 4.69) is 27.7 Å². The molecule has 2 aliphatic rings. The van der Waals surface area contributed by atoms with Crippen LogP contribution in [0.2, 0.25) is 0 Å². The van der Waals surface area contributed by atoms with Crippen molar-refractivity contribution in [3.05, 3.63) is 0 Å². The first-order chi connectivity index (χ1) is 9.59. The molecule has 0 N–H and O–H groups in total. The van der Waals surface area contributed by atoms with Crippen molar-refractivity contribution in [2.75, 3.05) is 12.3 Å². The molecule has 2 saturated carbocycles. The summed E-state index contributed by atoms with van der Waals surface area (Å²) in [5, 5.41) is 0. The number of halogens is 2. The lowest BCUT2D eigenvalue weighted by Gasteiger charge is -2.33. The van der Waals surface area contributed by atoms with E-state index in [1.807, 2.05) is 0 Å². The fourth-order valence-corrected chi connectivity index (χ4v) is 11.8. The van der Waals surface area contributed by atoms with E-state index in [4.69, 9.17) is 0 Å². The first-order valence-electron chi connectivity index (χ1n) is 9.11. The van der Waals surface area contributed by atoms with Gasteiger partial charge >= 0.3 is 0 Å². The average molecular weight is 476 g/mol. The average Bonchev–Trinajstić information content (AvgIpc) is 3.06. The molecular formula is C18H38Br2P2. The molecule has 0 aromatic rings. The maximum Gasteiger partial charge on any atom is -0.0207 e. The van der Waals surface area contributed by atoms with Crippen LogP contribution >= 0.6 is 49.8 Å². The highest BCUT2D eigenvalue weighted by molar-refractivity contribution is 8.93. The fraction of sp³-hybridized carbons (Fsp3) is 1.00. The van der Waals surface area contributed by atoms with Gasteiger partial charge in [0.1, 0.15) is 0 Å². The predicted octanol–water partition coefficient (Wildman–Crippen LogP) is 7.81. The molecule has 2 unspecified atom stereocenters. The third-order valence-electron chi connectivity index (χ3n) is 5.53. The Bertz CT molecular complexity index is 244. The van der Waals surface area contributed by atoms with Crippen molar-refractivity contribution in [1.29, 1.82) is 0 Å². The van der Waals surface area contributed by atoms with Crippen molar-refractivity contribution >= 4 is 49.8 Å². The van der Waals surface area contributed by atoms with Crippen LogP contribution in [0.4, 0.5) is 0 Å². The van der Waals surface area contributed by atoms with Crippen molar-refractivity contribution in [3.63, 3.8) is 0 Å². The second-order valence-electron chi connectivity index (χ2n) is 7.54. The van der Waals surface area contributed by atoms with E-state index in [0.717, 1.165) is 22.6 Å². The van der Waals surface area contributed by atoms with Gasteiger partial charge in [-0.05, 0) is 60.6 Å². The number of hydrogen-bond acceptors (Lipinski definition) is 0. The van der Waals surface area contributed by atoms with E-state index in [-0.39, 0.29) is 34.0 Å². The summed E-state index contributed by atoms with van der Waals surface area (Å²) in [6.45, 7) is 10.0. The van der Waals surface area contributed by atoms with Crippen molar-refractivity contribution in [2.24, 2.45) is 0 Å². The molecule has 2 atom stereocenters. The zero-order chi connectivity index (χ0) is 14.5. The van der Waals surface area contributed by atoms with Crippen LogP contribution in [-0.2, 0) is 0 Å². The molecule has 0 radical (unpaired) electrons. The lowest BCUT2D eigenvalue weighted by atomic mass is 10.4. The Kier molecular flexibility index (Phi) is 13.2. The molecule has 2 fully saturated rings. The van der Waals surface area contributed by atoms with E-state index in [0.29, 0.717) is 15.8 Å². The number of hydrogen-bond donors (Lipinski definition) is 0. The molecule has 0 aliphatic heterocycles. The maximum atomic E-state index is 2.51. The lowest BCUT2D eigenvalue weighted by molar-refractivity contribution is 0.860. The van der Waals surface area contributed by atoms with Crippen molar-refractivity contribution < 1.29 is 0 Å². The molecule has 0 aromatic carbocycles. The van der Waals surface area contributed by atoms with Gasteiger partial charge in [0, 0.05) is 0 Å². The van der Waals surface area contributed by atoms with E-state index in [9.17, 15) is 0 Å². The Morgan fingerprint density at radius 2 is 0.909 bits per heavy atom. The van der Waals surface area contributed by atoms with E-state index < -0.39 is 0 Å². The van der Waals surface area contributed by atoms with Crippen LogP contribution in [0.15, 0.2) is 0 Å². The van der Waals surface area contributed by atoms with Gasteiger partial charge in [-0.15, -0.1) is 49.8 Å². The summed E-state index contributed by atoms with van der Waals surface area (Å²) in [6, 6.07) is 0. The smallest absolute Gasteiger partial charge is 0.0207 e. The zero-order valence-electron chi connectivity index (χ0n) is 15.1. The first kappa shape index (κ1) is 23.8. The Morgan fingerprint density at radius 3 is 1.14 bits per heavy atom. The summed E-state index contributed by atoms with van der Waals surface area (Å²) < 4.78 is 0. The summed E-state index contributed by atoms with van der Waals surface area (Å²) in [5.74, 6) is 0. The second kappa shape index (κ2) is 12.2. The third-order valence-corrected chi connectivity index (χ3v) is 12.9. The summed E-state index contributed by atoms with van der Waals surface area (Å²) in [5.41, 5.74) is 4.22. The molecule has 2 rings (SSSR count). The molecule has 0 spiro atoms. The fourth-order valence-electron chi connectivity index (χ4n) is 4.43. The normalized spacial score (nSPS) is 22.6. The van der Waals surface area contributed by atoms with Gasteiger partial charge in [0.15, 0.2) is 0 Å². The Hall–Kier alpha value is 1.82. The van der Waals surface area contributed by atoms with Crippen LogP contribution < -0.4 is 0 Å². The Balaban J connectivity index is 0.00000220. The van der Waals surface area contributed by atoms with Crippen molar-refractivity contribution in [3.8, 4) is 0 Å². The quantitative estimate of drug-likeness (QED) is 0.329. The van der Waals surface area contributed by atoms with Crippen molar-refractivity contribution in [1.82, 2.24) is 0 Å². The van der Waals surface area contributed by atoms with Gasteiger partial charge in [0.2, 0.25) is 0 Å². The molecule has 4 heteroatoms. The van der Waals surface area contributed by atoms with Gasteiger partial charge in [0.25, 0.3) is 0 Å². The number of rotatable bonds is 7. The summed E-state index contributed by atoms with van der Waals surface area (Å²) in [6.07, 6.45) is 15.6. The molecule has 0 nitrogen and oxygen atoms in total. The van der Waals surface area contributed by atoms with Gasteiger partial charge in [-0.2, -0.15) is 0 Å². The molecule has 0 heterocycles. The second-order valence-corrected chi connectivity index (χ2v) is 14.0. The minimum absolute atomic E-state index is 0. The zero-order valence-corrected chi connectivity index (χ0v) is 20.3. The minimum atomic E-state index is 0. The van der Waals surface area contributed by atoms with Gasteiger partial charge < -0.3 is 0 Å². The Labute approximate surface area is 163 Å². The maximum absolute atomic E-state index is 2.51. The van der Waals surface area contributed by atoms with Gasteiger partial charge in [0.05, 0.1) is 0 Å². The van der Waals surface area contributed by atoms with E-state index in [1.165, 1.54) is 25.7 Å². The highest BCUT2D eigenvalue weighted by Gasteiger charge is 2.30. The molecule has 0 amide bonds. The summed E-state index contributed by atoms with van der Waals surface area (Å²) in [4.78, 5) is 0. The van der Waals surface area contributed by atoms with Crippen LogP contribution in [0.25, 0.3) is 0 Å². The van der Waals surface area contributed by atoms with Gasteiger partial charge in [-0.3, -0.25) is 0 Å². The molecular weight excluding hydrogens is 438 g/mol. The molecule has 22 heavy (non-hydrogen) atoms. The largest absolute Gasteiger partial charge is 0.114 e. The topological polar surface area (TPSA) is 0 Å². The van der Waals surface area contributed by atoms with Crippen LogP contribution in [0, 0.1) is 0 Å². The van der Waals surface area contributed by atoms with E-state index in [1.54, 1.807) is 38.0 Å². The molecule has 0 saturated heterocycles. The van der Waals surface area contributed by atoms with Crippen LogP contribution in [-0.4, -0.2) is 35.0 Å². The van der Waals surface area contributed by atoms with Gasteiger partial charge in [-0.25, -0.2) is 0 Å². The molecule has 134 valence electrons. The lowest BCUT2D eigenvalue weighted by Crippen LogP contribution is -2.16. The molecule has 2 aliphatic carbocycles. The standard InChI is InChI=1S/C18H36P2.2BrH/c1-15(2)19(17-9-5-6-10-17)13-14-20(16(3)4)18-11-7-8-12-18;;/h15-18H,5-14H2,1-4H3;2*1H. The SMILES string of the molecule is Br.Br.CC(C)P(CCP(C(C)C)C1CCCC1)C1CCCC1. The predicted molar refractivity (Wildman–Crippen MR) is 119 cm³/mol. The van der Waals surface area contributed by atoms with E-state index >= 15 is 0 Å². The Morgan fingerprint density at radius 1 is 0.636 bits per heavy atom. The third kappa shape index (κ3) is 6.98. The first-order valence-corrected chi connectivity index (χ1v) is 12.4. The van der Waals surface area contributed by atoms with Crippen molar-refractivity contribution in [2.45, 2.75) is 102 Å². The highest BCUT2D eigenvalue weighted by atomic mass is 79.9. The molecule has 0 aromatic heterocycles. The molecule has 0 bridgehead atoms. The minimum Gasteiger partial charge on any atom is -0.114 e. The highest BCUT2D eigenvalue weighted by Crippen LogP contribution is 2.58. The monoisotopic (exact) mass is 474 g/mol.